The van der Waals surface area contributed by atoms with E-state index in [4.69, 9.17) is 0 Å². The van der Waals surface area contributed by atoms with Gasteiger partial charge in [-0.05, 0) is 30.3 Å². The smallest absolute Gasteiger partial charge is 0.296 e. The van der Waals surface area contributed by atoms with E-state index in [0.29, 0.717) is 5.52 Å². The summed E-state index contributed by atoms with van der Waals surface area (Å²) in [6.45, 7) is 0. The molecule has 22 heavy (non-hydrogen) atoms. The molecule has 0 N–H and O–H groups in total. The molecular formula is C17H12BrN3O. The molecule has 0 radical (unpaired) electrons. The molecule has 0 aliphatic heterocycles. The lowest BCUT2D eigenvalue weighted by atomic mass is 10.2. The number of aromatic nitrogens is 3. The molecule has 0 spiro atoms. The van der Waals surface area contributed by atoms with Crippen LogP contribution in [0.2, 0.25) is 0 Å². The molecule has 0 fully saturated rings. The van der Waals surface area contributed by atoms with Gasteiger partial charge in [-0.25, -0.2) is 0 Å². The number of para-hydroxylation sites is 1. The summed E-state index contributed by atoms with van der Waals surface area (Å²) in [5.41, 5.74) is 2.34. The minimum atomic E-state index is -0.112. The van der Waals surface area contributed by atoms with E-state index in [-0.39, 0.29) is 5.56 Å². The Labute approximate surface area is 134 Å². The van der Waals surface area contributed by atoms with Crippen LogP contribution >= 0.6 is 15.9 Å². The number of hydrogen-bond acceptors (Lipinski definition) is 2. The van der Waals surface area contributed by atoms with Crippen LogP contribution < -0.4 is 5.56 Å². The topological polar surface area (TPSA) is 39.8 Å². The highest BCUT2D eigenvalue weighted by molar-refractivity contribution is 9.10. The Morgan fingerprint density at radius 1 is 1.00 bits per heavy atom. The number of benzene rings is 2. The van der Waals surface area contributed by atoms with Crippen LogP contribution in [0.25, 0.3) is 27.5 Å². The average Bonchev–Trinajstić information content (AvgIpc) is 2.83. The van der Waals surface area contributed by atoms with E-state index in [0.717, 1.165) is 26.4 Å². The number of nitrogens with zero attached hydrogens (tertiary/aromatic N) is 3. The van der Waals surface area contributed by atoms with Crippen LogP contribution in [0.5, 0.6) is 0 Å². The molecule has 2 aromatic heterocycles. The number of aryl methyl sites for hydroxylation is 1. The molecule has 0 aliphatic carbocycles. The fraction of sp³-hybridized carbons (Fsp3) is 0.0588. The molecule has 0 atom stereocenters. The van der Waals surface area contributed by atoms with Crippen molar-refractivity contribution in [1.82, 2.24) is 14.3 Å². The van der Waals surface area contributed by atoms with E-state index in [1.807, 2.05) is 60.1 Å². The van der Waals surface area contributed by atoms with E-state index >= 15 is 0 Å². The third-order valence-electron chi connectivity index (χ3n) is 3.91. The predicted molar refractivity (Wildman–Crippen MR) is 91.5 cm³/mol. The maximum Gasteiger partial charge on any atom is 0.296 e. The maximum absolute atomic E-state index is 12.9. The summed E-state index contributed by atoms with van der Waals surface area (Å²) >= 11 is 3.40. The second-order valence-electron chi connectivity index (χ2n) is 5.18. The largest absolute Gasteiger partial charge is 0.339 e. The summed E-state index contributed by atoms with van der Waals surface area (Å²) in [4.78, 5) is 12.9. The summed E-state index contributed by atoms with van der Waals surface area (Å²) in [5.74, 6) is 0. The number of halogens is 1. The molecule has 0 saturated carbocycles. The Balaban J connectivity index is 2.10. The average molecular weight is 354 g/mol. The van der Waals surface area contributed by atoms with Gasteiger partial charge in [0.1, 0.15) is 5.52 Å². The van der Waals surface area contributed by atoms with Crippen molar-refractivity contribution in [3.63, 3.8) is 0 Å². The lowest BCUT2D eigenvalue weighted by Gasteiger charge is -2.05. The molecule has 0 bridgehead atoms. The molecule has 0 aliphatic rings. The van der Waals surface area contributed by atoms with Gasteiger partial charge in [-0.15, -0.1) is 0 Å². The van der Waals surface area contributed by atoms with Gasteiger partial charge >= 0.3 is 0 Å². The van der Waals surface area contributed by atoms with Crippen molar-refractivity contribution in [2.45, 2.75) is 0 Å². The number of rotatable bonds is 1. The van der Waals surface area contributed by atoms with Crippen molar-refractivity contribution in [2.24, 2.45) is 7.05 Å². The zero-order valence-electron chi connectivity index (χ0n) is 11.8. The van der Waals surface area contributed by atoms with E-state index in [9.17, 15) is 4.79 Å². The van der Waals surface area contributed by atoms with Crippen LogP contribution in [0.3, 0.4) is 0 Å². The lowest BCUT2D eigenvalue weighted by molar-refractivity contribution is 0.811. The first-order valence-corrected chi connectivity index (χ1v) is 7.67. The van der Waals surface area contributed by atoms with Crippen LogP contribution in [0.15, 0.2) is 64.0 Å². The predicted octanol–water partition coefficient (Wildman–Crippen LogP) is 3.64. The van der Waals surface area contributed by atoms with Crippen molar-refractivity contribution in [3.8, 4) is 5.69 Å². The first kappa shape index (κ1) is 13.3. The van der Waals surface area contributed by atoms with Crippen molar-refractivity contribution >= 4 is 37.7 Å². The van der Waals surface area contributed by atoms with E-state index in [2.05, 4.69) is 21.0 Å². The van der Waals surface area contributed by atoms with Gasteiger partial charge in [0.25, 0.3) is 5.56 Å². The highest BCUT2D eigenvalue weighted by Crippen LogP contribution is 2.25. The van der Waals surface area contributed by atoms with Crippen LogP contribution in [-0.4, -0.2) is 14.3 Å². The molecule has 0 unspecified atom stereocenters. The first-order valence-electron chi connectivity index (χ1n) is 6.88. The molecule has 5 heteroatoms. The Kier molecular flexibility index (Phi) is 2.90. The first-order chi connectivity index (χ1) is 10.7. The third-order valence-corrected chi connectivity index (χ3v) is 4.44. The molecule has 4 nitrogen and oxygen atoms in total. The van der Waals surface area contributed by atoms with Gasteiger partial charge in [0.2, 0.25) is 0 Å². The quantitative estimate of drug-likeness (QED) is 0.524. The van der Waals surface area contributed by atoms with Gasteiger partial charge in [0.15, 0.2) is 0 Å². The Hall–Kier alpha value is -2.40. The van der Waals surface area contributed by atoms with Crippen molar-refractivity contribution in [3.05, 3.63) is 69.6 Å². The molecule has 2 heterocycles. The molecule has 2 aromatic carbocycles. The van der Waals surface area contributed by atoms with E-state index in [1.165, 1.54) is 4.68 Å². The molecular weight excluding hydrogens is 342 g/mol. The summed E-state index contributed by atoms with van der Waals surface area (Å²) in [7, 11) is 1.91. The maximum atomic E-state index is 12.9. The van der Waals surface area contributed by atoms with E-state index in [1.54, 1.807) is 6.20 Å². The molecule has 0 amide bonds. The number of hydrogen-bond donors (Lipinski definition) is 0. The summed E-state index contributed by atoms with van der Waals surface area (Å²) in [6, 6.07) is 15.5. The standard InChI is InChI=1S/C17H12BrN3O/c1-20-15-5-3-2-4-13(15)14-10-19-21(17(22)16(14)20)12-8-6-11(18)7-9-12/h2-10H,1H3. The highest BCUT2D eigenvalue weighted by Gasteiger charge is 2.14. The Morgan fingerprint density at radius 2 is 1.73 bits per heavy atom. The SMILES string of the molecule is Cn1c2ccccc2c2cnn(-c3ccc(Br)cc3)c(=O)c21. The monoisotopic (exact) mass is 353 g/mol. The van der Waals surface area contributed by atoms with Gasteiger partial charge in [0, 0.05) is 27.8 Å². The Bertz CT molecular complexity index is 1060. The van der Waals surface area contributed by atoms with Crippen molar-refractivity contribution < 1.29 is 0 Å². The van der Waals surface area contributed by atoms with Crippen molar-refractivity contribution in [1.29, 1.82) is 0 Å². The van der Waals surface area contributed by atoms with Crippen LogP contribution in [-0.2, 0) is 7.05 Å². The highest BCUT2D eigenvalue weighted by atomic mass is 79.9. The van der Waals surface area contributed by atoms with Crippen LogP contribution in [0.4, 0.5) is 0 Å². The minimum Gasteiger partial charge on any atom is -0.339 e. The van der Waals surface area contributed by atoms with Gasteiger partial charge in [-0.1, -0.05) is 34.1 Å². The fourth-order valence-electron chi connectivity index (χ4n) is 2.85. The van der Waals surface area contributed by atoms with Crippen molar-refractivity contribution in [2.75, 3.05) is 0 Å². The van der Waals surface area contributed by atoms with Gasteiger partial charge < -0.3 is 4.57 Å². The van der Waals surface area contributed by atoms with Gasteiger partial charge in [-0.3, -0.25) is 4.79 Å². The molecule has 4 rings (SSSR count). The Morgan fingerprint density at radius 3 is 2.50 bits per heavy atom. The van der Waals surface area contributed by atoms with Gasteiger partial charge in [0.05, 0.1) is 11.9 Å². The normalized spacial score (nSPS) is 11.4. The number of fused-ring (bicyclic) bond motifs is 3. The van der Waals surface area contributed by atoms with E-state index < -0.39 is 0 Å². The van der Waals surface area contributed by atoms with Gasteiger partial charge in [-0.2, -0.15) is 9.78 Å². The fourth-order valence-corrected chi connectivity index (χ4v) is 3.11. The molecule has 108 valence electrons. The van der Waals surface area contributed by atoms with Crippen LogP contribution in [0.1, 0.15) is 0 Å². The lowest BCUT2D eigenvalue weighted by Crippen LogP contribution is -2.22. The van der Waals surface area contributed by atoms with Crippen LogP contribution in [0, 0.1) is 0 Å². The summed E-state index contributed by atoms with van der Waals surface area (Å²) in [5, 5.41) is 6.28. The molecule has 0 saturated heterocycles. The third kappa shape index (κ3) is 1.82. The summed E-state index contributed by atoms with van der Waals surface area (Å²) in [6.07, 6.45) is 1.76. The zero-order valence-corrected chi connectivity index (χ0v) is 13.4. The second-order valence-corrected chi connectivity index (χ2v) is 6.09. The molecule has 4 aromatic rings. The second kappa shape index (κ2) is 4.81. The summed E-state index contributed by atoms with van der Waals surface area (Å²) < 4.78 is 4.34. The zero-order chi connectivity index (χ0) is 15.3. The minimum absolute atomic E-state index is 0.112.